The van der Waals surface area contributed by atoms with Crippen LogP contribution >= 0.6 is 0 Å². The Balaban J connectivity index is 2.15. The first-order valence-corrected chi connectivity index (χ1v) is 6.60. The van der Waals surface area contributed by atoms with E-state index in [1.54, 1.807) is 7.05 Å². The molecule has 1 unspecified atom stereocenters. The molecule has 2 N–H and O–H groups in total. The lowest BCUT2D eigenvalue weighted by Crippen LogP contribution is -2.36. The summed E-state index contributed by atoms with van der Waals surface area (Å²) < 4.78 is 2.47. The third-order valence-electron chi connectivity index (χ3n) is 4.00. The summed E-state index contributed by atoms with van der Waals surface area (Å²) in [4.78, 5) is 33.5. The van der Waals surface area contributed by atoms with Gasteiger partial charge in [0.05, 0.1) is 0 Å². The minimum absolute atomic E-state index is 0.344. The van der Waals surface area contributed by atoms with Crippen molar-refractivity contribution in [3.8, 4) is 0 Å². The van der Waals surface area contributed by atoms with Gasteiger partial charge in [0.1, 0.15) is 0 Å². The predicted molar refractivity (Wildman–Crippen MR) is 76.3 cm³/mol. The van der Waals surface area contributed by atoms with Crippen molar-refractivity contribution in [2.24, 2.45) is 14.1 Å². The highest BCUT2D eigenvalue weighted by Gasteiger charge is 2.23. The number of imidazole rings is 1. The first kappa shape index (κ1) is 12.9. The van der Waals surface area contributed by atoms with Gasteiger partial charge in [-0.1, -0.05) is 0 Å². The van der Waals surface area contributed by atoms with E-state index in [0.717, 1.165) is 24.1 Å². The highest BCUT2D eigenvalue weighted by atomic mass is 16.2. The van der Waals surface area contributed by atoms with Crippen molar-refractivity contribution in [1.29, 1.82) is 0 Å². The summed E-state index contributed by atoms with van der Waals surface area (Å²) in [5.74, 6) is 0.618. The third-order valence-corrected chi connectivity index (χ3v) is 4.00. The van der Waals surface area contributed by atoms with E-state index in [1.807, 2.05) is 11.9 Å². The largest absolute Gasteiger partial charge is 0.341 e. The molecule has 0 radical (unpaired) electrons. The molecule has 8 nitrogen and oxygen atoms in total. The van der Waals surface area contributed by atoms with Crippen LogP contribution < -0.4 is 21.5 Å². The Bertz CT molecular complexity index is 765. The van der Waals surface area contributed by atoms with E-state index in [-0.39, 0.29) is 11.2 Å². The highest BCUT2D eigenvalue weighted by Crippen LogP contribution is 2.17. The number of H-pyrrole nitrogens is 1. The minimum Gasteiger partial charge on any atom is -0.341 e. The quantitative estimate of drug-likeness (QED) is 0.717. The summed E-state index contributed by atoms with van der Waals surface area (Å²) in [7, 11) is 5.03. The van der Waals surface area contributed by atoms with Crippen LogP contribution in [0.2, 0.25) is 0 Å². The molecule has 1 aliphatic heterocycles. The fourth-order valence-corrected chi connectivity index (χ4v) is 2.62. The van der Waals surface area contributed by atoms with Crippen molar-refractivity contribution in [3.63, 3.8) is 0 Å². The van der Waals surface area contributed by atoms with Crippen LogP contribution in [0.5, 0.6) is 0 Å². The summed E-state index contributed by atoms with van der Waals surface area (Å²) in [6.45, 7) is 1.87. The Labute approximate surface area is 115 Å². The second-order valence-electron chi connectivity index (χ2n) is 5.22. The molecule has 0 spiro atoms. The Morgan fingerprint density at radius 1 is 1.30 bits per heavy atom. The molecule has 3 rings (SSSR count). The maximum atomic E-state index is 12.1. The van der Waals surface area contributed by atoms with Crippen molar-refractivity contribution >= 4 is 17.1 Å². The lowest BCUT2D eigenvalue weighted by atomic mass is 10.2. The number of aromatic amines is 1. The molecule has 8 heteroatoms. The first-order chi connectivity index (χ1) is 9.50. The normalized spacial score (nSPS) is 18.9. The van der Waals surface area contributed by atoms with E-state index in [1.165, 1.54) is 11.6 Å². The van der Waals surface area contributed by atoms with Gasteiger partial charge < -0.3 is 15.2 Å². The zero-order chi connectivity index (χ0) is 14.4. The number of nitrogens with one attached hydrogen (secondary N) is 2. The molecule has 1 saturated heterocycles. The van der Waals surface area contributed by atoms with Crippen LogP contribution in [-0.2, 0) is 14.1 Å². The molecule has 1 aliphatic rings. The van der Waals surface area contributed by atoms with Gasteiger partial charge in [0.25, 0.3) is 5.56 Å². The highest BCUT2D eigenvalue weighted by molar-refractivity contribution is 5.73. The number of anilines is 1. The van der Waals surface area contributed by atoms with Gasteiger partial charge in [0.2, 0.25) is 5.95 Å². The van der Waals surface area contributed by atoms with Gasteiger partial charge in [0.15, 0.2) is 11.2 Å². The van der Waals surface area contributed by atoms with E-state index < -0.39 is 0 Å². The van der Waals surface area contributed by atoms with Crippen molar-refractivity contribution in [2.75, 3.05) is 25.0 Å². The zero-order valence-electron chi connectivity index (χ0n) is 11.8. The van der Waals surface area contributed by atoms with Gasteiger partial charge in [0, 0.05) is 33.7 Å². The van der Waals surface area contributed by atoms with Gasteiger partial charge in [-0.25, -0.2) is 4.79 Å². The summed E-state index contributed by atoms with van der Waals surface area (Å²) in [5, 5.41) is 3.29. The first-order valence-electron chi connectivity index (χ1n) is 6.60. The topological polar surface area (TPSA) is 88.0 Å². The van der Waals surface area contributed by atoms with Crippen LogP contribution in [0.1, 0.15) is 6.42 Å². The van der Waals surface area contributed by atoms with Gasteiger partial charge >= 0.3 is 5.69 Å². The van der Waals surface area contributed by atoms with Crippen LogP contribution in [0.25, 0.3) is 11.2 Å². The van der Waals surface area contributed by atoms with E-state index in [9.17, 15) is 9.59 Å². The number of fused-ring (bicyclic) bond motifs is 1. The molecular weight excluding hydrogens is 260 g/mol. The molecule has 3 heterocycles. The lowest BCUT2D eigenvalue weighted by molar-refractivity contribution is 0.672. The van der Waals surface area contributed by atoms with Gasteiger partial charge in [-0.3, -0.25) is 13.9 Å². The van der Waals surface area contributed by atoms with Crippen LogP contribution in [-0.4, -0.2) is 45.3 Å². The number of aromatic nitrogens is 4. The fourth-order valence-electron chi connectivity index (χ4n) is 2.62. The number of likely N-dealkylation sites (N-methyl/N-ethyl adjacent to an activating group) is 1. The monoisotopic (exact) mass is 278 g/mol. The standard InChI is InChI=1S/C12H18N6O2/c1-16(7-4-5-13-6-7)11-14-8-9(15-11)17(2)12(20)18(3)10(8)19/h7,13H,4-6H2,1-3H3,(H,14,15). The maximum absolute atomic E-state index is 12.1. The summed E-state index contributed by atoms with van der Waals surface area (Å²) in [5.41, 5.74) is 0.0406. The maximum Gasteiger partial charge on any atom is 0.332 e. The molecule has 0 aliphatic carbocycles. The van der Waals surface area contributed by atoms with Gasteiger partial charge in [-0.05, 0) is 13.0 Å². The summed E-state index contributed by atoms with van der Waals surface area (Å²) in [6.07, 6.45) is 1.03. The van der Waals surface area contributed by atoms with Crippen molar-refractivity contribution in [2.45, 2.75) is 12.5 Å². The van der Waals surface area contributed by atoms with Crippen LogP contribution in [0, 0.1) is 0 Å². The number of hydrogen-bond acceptors (Lipinski definition) is 5. The fraction of sp³-hybridized carbons (Fsp3) is 0.583. The average Bonchev–Trinajstić information content (AvgIpc) is 3.10. The number of rotatable bonds is 2. The van der Waals surface area contributed by atoms with Crippen LogP contribution in [0.15, 0.2) is 9.59 Å². The van der Waals surface area contributed by atoms with Crippen LogP contribution in [0.3, 0.4) is 0 Å². The number of nitrogens with zero attached hydrogens (tertiary/aromatic N) is 4. The molecule has 1 atom stereocenters. The van der Waals surface area contributed by atoms with Crippen molar-refractivity contribution < 1.29 is 0 Å². The zero-order valence-corrected chi connectivity index (χ0v) is 11.8. The van der Waals surface area contributed by atoms with E-state index in [2.05, 4.69) is 15.3 Å². The Kier molecular flexibility index (Phi) is 2.89. The van der Waals surface area contributed by atoms with Gasteiger partial charge in [-0.15, -0.1) is 0 Å². The number of aryl methyl sites for hydroxylation is 1. The second kappa shape index (κ2) is 4.48. The third kappa shape index (κ3) is 1.75. The molecule has 0 saturated carbocycles. The van der Waals surface area contributed by atoms with E-state index in [0.29, 0.717) is 23.2 Å². The molecule has 0 aromatic carbocycles. The van der Waals surface area contributed by atoms with E-state index >= 15 is 0 Å². The number of hydrogen-bond donors (Lipinski definition) is 2. The SMILES string of the molecule is CN(c1nc2c([nH]1)c(=O)n(C)c(=O)n2C)C1CCNC1. The Hall–Kier alpha value is -2.09. The molecule has 1 fully saturated rings. The molecule has 0 amide bonds. The van der Waals surface area contributed by atoms with Gasteiger partial charge in [-0.2, -0.15) is 4.98 Å². The molecule has 2 aromatic heterocycles. The Morgan fingerprint density at radius 3 is 2.70 bits per heavy atom. The Morgan fingerprint density at radius 2 is 2.05 bits per heavy atom. The second-order valence-corrected chi connectivity index (χ2v) is 5.22. The van der Waals surface area contributed by atoms with Crippen LogP contribution in [0.4, 0.5) is 5.95 Å². The lowest BCUT2D eigenvalue weighted by Gasteiger charge is -2.22. The average molecular weight is 278 g/mol. The molecule has 108 valence electrons. The summed E-state index contributed by atoms with van der Waals surface area (Å²) >= 11 is 0. The summed E-state index contributed by atoms with van der Waals surface area (Å²) in [6, 6.07) is 0.344. The molecule has 2 aromatic rings. The minimum atomic E-state index is -0.370. The van der Waals surface area contributed by atoms with Crippen molar-refractivity contribution in [3.05, 3.63) is 20.8 Å². The van der Waals surface area contributed by atoms with E-state index in [4.69, 9.17) is 0 Å². The molecular formula is C12H18N6O2. The predicted octanol–water partition coefficient (Wildman–Crippen LogP) is -1.24. The molecule has 20 heavy (non-hydrogen) atoms. The molecule has 0 bridgehead atoms. The van der Waals surface area contributed by atoms with Crippen molar-refractivity contribution in [1.82, 2.24) is 24.4 Å². The smallest absolute Gasteiger partial charge is 0.332 e.